The van der Waals surface area contributed by atoms with Crippen LogP contribution in [0.3, 0.4) is 0 Å². The second-order valence-corrected chi connectivity index (χ2v) is 5.21. The minimum Gasteiger partial charge on any atom is -0.451 e. The van der Waals surface area contributed by atoms with Crippen molar-refractivity contribution < 1.29 is 23.5 Å². The smallest absolute Gasteiger partial charge is 0.375 e. The summed E-state index contributed by atoms with van der Waals surface area (Å²) in [7, 11) is 0. The van der Waals surface area contributed by atoms with Gasteiger partial charge in [0.2, 0.25) is 11.5 Å². The lowest BCUT2D eigenvalue weighted by Crippen LogP contribution is -2.18. The van der Waals surface area contributed by atoms with Crippen molar-refractivity contribution in [1.82, 2.24) is 0 Å². The minimum atomic E-state index is -0.800. The number of nitrogens with zero attached hydrogens (tertiary/aromatic N) is 1. The normalized spacial score (nSPS) is 11.7. The van der Waals surface area contributed by atoms with Crippen molar-refractivity contribution in [2.75, 3.05) is 13.2 Å². The van der Waals surface area contributed by atoms with E-state index in [1.165, 1.54) is 6.92 Å². The number of rotatable bonds is 7. The third kappa shape index (κ3) is 4.05. The number of carbonyl (C=O) groups is 2. The quantitative estimate of drug-likeness (QED) is 0.467. The van der Waals surface area contributed by atoms with Crippen molar-refractivity contribution in [3.05, 3.63) is 46.9 Å². The van der Waals surface area contributed by atoms with Gasteiger partial charge in [0.25, 0.3) is 0 Å². The van der Waals surface area contributed by atoms with E-state index in [2.05, 4.69) is 0 Å². The molecular weight excluding hydrogens is 324 g/mol. The van der Waals surface area contributed by atoms with Crippen molar-refractivity contribution in [2.45, 2.75) is 20.5 Å². The first-order valence-corrected chi connectivity index (χ1v) is 7.64. The molecule has 0 amide bonds. The van der Waals surface area contributed by atoms with E-state index in [0.29, 0.717) is 17.8 Å². The van der Waals surface area contributed by atoms with E-state index in [4.69, 9.17) is 24.9 Å². The molecule has 2 aromatic rings. The Hall–Kier alpha value is -3.11. The van der Waals surface area contributed by atoms with Gasteiger partial charge in [-0.3, -0.25) is 4.79 Å². The molecule has 0 spiro atoms. The van der Waals surface area contributed by atoms with Crippen LogP contribution in [0.25, 0.3) is 11.0 Å². The maximum Gasteiger partial charge on any atom is 0.375 e. The molecular formula is C18H18N2O5. The summed E-state index contributed by atoms with van der Waals surface area (Å²) in [5, 5.41) is 9.64. The minimum absolute atomic E-state index is 0.0191. The standard InChI is InChI=1S/C18H18N2O5/c1-3-23-9-14-12-6-4-5-7-16(12)25-17(14)18(22)24-10-15(21)13(8-19)11(2)20/h4-7H,3,9-10,20H2,1-2H3. The average Bonchev–Trinajstić information content (AvgIpc) is 2.96. The lowest BCUT2D eigenvalue weighted by molar-refractivity contribution is -0.118. The monoisotopic (exact) mass is 342 g/mol. The molecule has 1 aromatic carbocycles. The van der Waals surface area contributed by atoms with Gasteiger partial charge in [-0.05, 0) is 19.9 Å². The Morgan fingerprint density at radius 1 is 1.32 bits per heavy atom. The van der Waals surface area contributed by atoms with E-state index < -0.39 is 18.4 Å². The van der Waals surface area contributed by atoms with E-state index >= 15 is 0 Å². The Morgan fingerprint density at radius 3 is 2.68 bits per heavy atom. The van der Waals surface area contributed by atoms with Crippen LogP contribution >= 0.6 is 0 Å². The van der Waals surface area contributed by atoms with Crippen molar-refractivity contribution in [3.8, 4) is 6.07 Å². The molecule has 130 valence electrons. The number of carbonyl (C=O) groups excluding carboxylic acids is 2. The number of Topliss-reactive ketones (excluding diaryl/α,β-unsaturated/α-hetero) is 1. The summed E-state index contributed by atoms with van der Waals surface area (Å²) in [6, 6.07) is 8.83. The van der Waals surface area contributed by atoms with Crippen LogP contribution < -0.4 is 5.73 Å². The summed E-state index contributed by atoms with van der Waals surface area (Å²) in [6.45, 7) is 3.32. The summed E-state index contributed by atoms with van der Waals surface area (Å²) in [5.41, 5.74) is 6.38. The van der Waals surface area contributed by atoms with E-state index in [1.54, 1.807) is 18.2 Å². The van der Waals surface area contributed by atoms with Gasteiger partial charge < -0.3 is 19.6 Å². The molecule has 7 nitrogen and oxygen atoms in total. The van der Waals surface area contributed by atoms with Crippen LogP contribution in [-0.4, -0.2) is 25.0 Å². The first kappa shape index (κ1) is 18.2. The highest BCUT2D eigenvalue weighted by atomic mass is 16.5. The first-order chi connectivity index (χ1) is 12.0. The SMILES string of the molecule is CCOCc1c(C(=O)OCC(=O)C(C#N)=C(C)N)oc2ccccc12. The first-order valence-electron chi connectivity index (χ1n) is 7.64. The van der Waals surface area contributed by atoms with E-state index in [0.717, 1.165) is 5.39 Å². The topological polar surface area (TPSA) is 116 Å². The molecule has 1 aromatic heterocycles. The van der Waals surface area contributed by atoms with E-state index in [1.807, 2.05) is 19.1 Å². The number of ketones is 1. The molecule has 0 atom stereocenters. The van der Waals surface area contributed by atoms with Gasteiger partial charge >= 0.3 is 5.97 Å². The molecule has 0 radical (unpaired) electrons. The molecule has 0 aliphatic carbocycles. The Morgan fingerprint density at radius 2 is 2.04 bits per heavy atom. The van der Waals surface area contributed by atoms with Gasteiger partial charge in [0, 0.05) is 23.3 Å². The number of hydrogen-bond acceptors (Lipinski definition) is 7. The third-order valence-corrected chi connectivity index (χ3v) is 3.45. The number of nitrogens with two attached hydrogens (primary N) is 1. The molecule has 25 heavy (non-hydrogen) atoms. The summed E-state index contributed by atoms with van der Waals surface area (Å²) in [5.74, 6) is -1.49. The summed E-state index contributed by atoms with van der Waals surface area (Å²) >= 11 is 0. The van der Waals surface area contributed by atoms with Gasteiger partial charge in [0.1, 0.15) is 17.2 Å². The Labute approximate surface area is 144 Å². The van der Waals surface area contributed by atoms with Crippen LogP contribution in [0.5, 0.6) is 0 Å². The lowest BCUT2D eigenvalue weighted by Gasteiger charge is -2.05. The maximum absolute atomic E-state index is 12.3. The third-order valence-electron chi connectivity index (χ3n) is 3.45. The Kier molecular flexibility index (Phi) is 5.93. The Bertz CT molecular complexity index is 869. The molecule has 0 bridgehead atoms. The van der Waals surface area contributed by atoms with Crippen LogP contribution in [0, 0.1) is 11.3 Å². The predicted octanol–water partition coefficient (Wildman–Crippen LogP) is 2.45. The number of ether oxygens (including phenoxy) is 2. The number of para-hydroxylation sites is 1. The summed E-state index contributed by atoms with van der Waals surface area (Å²) < 4.78 is 15.9. The molecule has 0 saturated heterocycles. The number of fused-ring (bicyclic) bond motifs is 1. The molecule has 7 heteroatoms. The fourth-order valence-electron chi connectivity index (χ4n) is 2.25. The lowest BCUT2D eigenvalue weighted by atomic mass is 10.1. The number of allylic oxidation sites excluding steroid dienone is 1. The fraction of sp³-hybridized carbons (Fsp3) is 0.278. The average molecular weight is 342 g/mol. The van der Waals surface area contributed by atoms with Crippen LogP contribution in [0.1, 0.15) is 30.0 Å². The molecule has 2 N–H and O–H groups in total. The number of benzene rings is 1. The highest BCUT2D eigenvalue weighted by Gasteiger charge is 2.23. The fourth-order valence-corrected chi connectivity index (χ4v) is 2.25. The molecule has 1 heterocycles. The number of esters is 1. The van der Waals surface area contributed by atoms with Crippen molar-refractivity contribution in [1.29, 1.82) is 5.26 Å². The van der Waals surface area contributed by atoms with Gasteiger partial charge in [-0.25, -0.2) is 4.79 Å². The second-order valence-electron chi connectivity index (χ2n) is 5.21. The highest BCUT2D eigenvalue weighted by Crippen LogP contribution is 2.27. The van der Waals surface area contributed by atoms with Gasteiger partial charge in [0.15, 0.2) is 6.61 Å². The number of furan rings is 1. The summed E-state index contributed by atoms with van der Waals surface area (Å²) in [4.78, 5) is 24.2. The van der Waals surface area contributed by atoms with Crippen molar-refractivity contribution in [3.63, 3.8) is 0 Å². The molecule has 2 rings (SSSR count). The highest BCUT2D eigenvalue weighted by molar-refractivity contribution is 6.02. The summed E-state index contributed by atoms with van der Waals surface area (Å²) in [6.07, 6.45) is 0. The van der Waals surface area contributed by atoms with E-state index in [9.17, 15) is 9.59 Å². The van der Waals surface area contributed by atoms with Gasteiger partial charge in [-0.1, -0.05) is 18.2 Å². The van der Waals surface area contributed by atoms with Crippen molar-refractivity contribution >= 4 is 22.7 Å². The van der Waals surface area contributed by atoms with Gasteiger partial charge in [0.05, 0.1) is 6.61 Å². The van der Waals surface area contributed by atoms with Gasteiger partial charge in [-0.15, -0.1) is 0 Å². The Balaban J connectivity index is 2.23. The second kappa shape index (κ2) is 8.13. The molecule has 0 saturated carbocycles. The zero-order valence-corrected chi connectivity index (χ0v) is 14.0. The van der Waals surface area contributed by atoms with Crippen molar-refractivity contribution in [2.24, 2.45) is 5.73 Å². The zero-order chi connectivity index (χ0) is 18.4. The van der Waals surface area contributed by atoms with E-state index in [-0.39, 0.29) is 23.6 Å². The maximum atomic E-state index is 12.3. The largest absolute Gasteiger partial charge is 0.451 e. The molecule has 0 aliphatic rings. The predicted molar refractivity (Wildman–Crippen MR) is 89.3 cm³/mol. The van der Waals surface area contributed by atoms with Gasteiger partial charge in [-0.2, -0.15) is 5.26 Å². The molecule has 0 unspecified atom stereocenters. The molecule has 0 fully saturated rings. The van der Waals surface area contributed by atoms with Crippen LogP contribution in [0.4, 0.5) is 0 Å². The number of hydrogen-bond donors (Lipinski definition) is 1. The van der Waals surface area contributed by atoms with Crippen LogP contribution in [0.2, 0.25) is 0 Å². The molecule has 0 aliphatic heterocycles. The number of nitriles is 1. The zero-order valence-electron chi connectivity index (χ0n) is 14.0. The van der Waals surface area contributed by atoms with Crippen LogP contribution in [-0.2, 0) is 20.9 Å². The van der Waals surface area contributed by atoms with Crippen LogP contribution in [0.15, 0.2) is 40.0 Å².